The highest BCUT2D eigenvalue weighted by atomic mass is 32.2. The summed E-state index contributed by atoms with van der Waals surface area (Å²) in [5, 5.41) is 11.5. The molecule has 0 spiro atoms. The van der Waals surface area contributed by atoms with E-state index in [2.05, 4.69) is 35.2 Å². The molecule has 3 aromatic heterocycles. The first kappa shape index (κ1) is 22.8. The van der Waals surface area contributed by atoms with Crippen molar-refractivity contribution in [2.45, 2.75) is 12.8 Å². The van der Waals surface area contributed by atoms with Crippen LogP contribution in [0.5, 0.6) is 17.6 Å². The van der Waals surface area contributed by atoms with Crippen molar-refractivity contribution < 1.29 is 23.0 Å². The van der Waals surface area contributed by atoms with Crippen LogP contribution >= 0.6 is 0 Å². The van der Waals surface area contributed by atoms with E-state index in [9.17, 15) is 8.76 Å². The van der Waals surface area contributed by atoms with E-state index in [1.807, 2.05) is 0 Å². The summed E-state index contributed by atoms with van der Waals surface area (Å²) in [6.07, 6.45) is 3.43. The molecule has 3 N–H and O–H groups in total. The number of ether oxygens (including phenoxy) is 3. The van der Waals surface area contributed by atoms with Crippen molar-refractivity contribution in [3.63, 3.8) is 0 Å². The molecule has 1 aliphatic rings. The van der Waals surface area contributed by atoms with Gasteiger partial charge < -0.3 is 19.5 Å². The van der Waals surface area contributed by atoms with Crippen LogP contribution in [0.4, 0.5) is 5.95 Å². The van der Waals surface area contributed by atoms with Crippen LogP contribution in [0.2, 0.25) is 0 Å². The second-order valence-electron chi connectivity index (χ2n) is 7.16. The second-order valence-corrected chi connectivity index (χ2v) is 7.86. The van der Waals surface area contributed by atoms with Gasteiger partial charge in [-0.25, -0.2) is 18.5 Å². The predicted molar refractivity (Wildman–Crippen MR) is 119 cm³/mol. The Balaban J connectivity index is 1.82. The molecule has 3 aromatic rings. The molecular weight excluding hydrogens is 452 g/mol. The second kappa shape index (κ2) is 10.5. The van der Waals surface area contributed by atoms with Gasteiger partial charge in [-0.1, -0.05) is 6.07 Å². The van der Waals surface area contributed by atoms with Gasteiger partial charge in [0.1, 0.15) is 12.0 Å². The highest BCUT2D eigenvalue weighted by Crippen LogP contribution is 2.35. The third kappa shape index (κ3) is 5.18. The van der Waals surface area contributed by atoms with Crippen molar-refractivity contribution in [1.29, 1.82) is 0 Å². The molecule has 0 aromatic carbocycles. The fraction of sp³-hybridized carbons (Fsp3) is 0.421. The number of methoxy groups -OCH3 is 2. The normalized spacial score (nSPS) is 16.8. The number of anilines is 1. The highest BCUT2D eigenvalue weighted by molar-refractivity contribution is 7.80. The Bertz CT molecular complexity index is 1120. The summed E-state index contributed by atoms with van der Waals surface area (Å²) >= 11 is -2.42. The van der Waals surface area contributed by atoms with Gasteiger partial charge in [0.2, 0.25) is 23.6 Å². The van der Waals surface area contributed by atoms with Gasteiger partial charge in [-0.3, -0.25) is 4.55 Å². The van der Waals surface area contributed by atoms with Crippen LogP contribution in [-0.4, -0.2) is 72.4 Å². The van der Waals surface area contributed by atoms with Crippen molar-refractivity contribution in [2.24, 2.45) is 5.92 Å². The van der Waals surface area contributed by atoms with E-state index in [1.54, 1.807) is 18.2 Å². The molecule has 0 radical (unpaired) electrons. The van der Waals surface area contributed by atoms with Gasteiger partial charge in [-0.05, 0) is 25.5 Å². The topological polar surface area (TPSA) is 158 Å². The lowest BCUT2D eigenvalue weighted by Crippen LogP contribution is -2.33. The summed E-state index contributed by atoms with van der Waals surface area (Å²) in [7, 11) is 2.95. The molecule has 1 saturated heterocycles. The standard InChI is InChI=1S/C19H24N8O5S/c1-30-14-7-3-6-13(23-14)16-24-25-19(26-33(28)29)27(16)15-17(31-2)21-11-22-18(15)32-10-12-5-4-8-20-9-12/h3,6-7,11-12,20H,4-5,8-10H2,1-2H3,(H,25,26)(H,28,29). The van der Waals surface area contributed by atoms with Crippen molar-refractivity contribution in [2.75, 3.05) is 38.6 Å². The van der Waals surface area contributed by atoms with Gasteiger partial charge in [0.25, 0.3) is 11.3 Å². The quantitative estimate of drug-likeness (QED) is 0.379. The Kier molecular flexibility index (Phi) is 7.26. The first-order chi connectivity index (χ1) is 16.1. The van der Waals surface area contributed by atoms with Gasteiger partial charge in [0, 0.05) is 18.5 Å². The maximum atomic E-state index is 11.6. The zero-order chi connectivity index (χ0) is 23.2. The summed E-state index contributed by atoms with van der Waals surface area (Å²) in [6.45, 7) is 2.26. The van der Waals surface area contributed by atoms with E-state index < -0.39 is 11.3 Å². The number of piperidine rings is 1. The summed E-state index contributed by atoms with van der Waals surface area (Å²) in [5.41, 5.74) is 0.660. The first-order valence-electron chi connectivity index (χ1n) is 10.2. The molecule has 1 aliphatic heterocycles. The molecule has 33 heavy (non-hydrogen) atoms. The third-order valence-corrected chi connectivity index (χ3v) is 5.39. The molecule has 0 saturated carbocycles. The number of aromatic nitrogens is 6. The molecule has 1 fully saturated rings. The lowest BCUT2D eigenvalue weighted by molar-refractivity contribution is 0.210. The smallest absolute Gasteiger partial charge is 0.261 e. The lowest BCUT2D eigenvalue weighted by atomic mass is 10.0. The van der Waals surface area contributed by atoms with E-state index in [0.29, 0.717) is 24.1 Å². The molecule has 0 amide bonds. The maximum Gasteiger partial charge on any atom is 0.261 e. The molecule has 0 aliphatic carbocycles. The molecule has 13 nitrogen and oxygen atoms in total. The molecule has 4 heterocycles. The molecular formula is C19H24N8O5S. The fourth-order valence-corrected chi connectivity index (χ4v) is 3.80. The van der Waals surface area contributed by atoms with E-state index in [0.717, 1.165) is 25.9 Å². The number of hydrogen-bond donors (Lipinski definition) is 3. The Hall–Kier alpha value is -3.36. The molecule has 2 atom stereocenters. The average molecular weight is 477 g/mol. The summed E-state index contributed by atoms with van der Waals surface area (Å²) < 4.78 is 41.6. The fourth-order valence-electron chi connectivity index (χ4n) is 3.52. The summed E-state index contributed by atoms with van der Waals surface area (Å²) in [5.74, 6) is 1.24. The maximum absolute atomic E-state index is 11.6. The van der Waals surface area contributed by atoms with Gasteiger partial charge in [-0.2, -0.15) is 9.97 Å². The number of rotatable bonds is 9. The SMILES string of the molecule is COc1cccc(-c2nnc(NS(=O)O)n2-c2c(OC)ncnc2OCC2CCCNC2)n1. The van der Waals surface area contributed by atoms with Crippen LogP contribution in [0.3, 0.4) is 0 Å². The number of pyridine rings is 1. The van der Waals surface area contributed by atoms with Crippen LogP contribution in [0.15, 0.2) is 24.5 Å². The number of nitrogens with zero attached hydrogens (tertiary/aromatic N) is 6. The van der Waals surface area contributed by atoms with E-state index in [1.165, 1.54) is 25.1 Å². The van der Waals surface area contributed by atoms with Crippen LogP contribution in [0.1, 0.15) is 12.8 Å². The minimum Gasteiger partial charge on any atom is -0.481 e. The summed E-state index contributed by atoms with van der Waals surface area (Å²) in [4.78, 5) is 12.9. The largest absolute Gasteiger partial charge is 0.481 e. The zero-order valence-electron chi connectivity index (χ0n) is 18.1. The Morgan fingerprint density at radius 2 is 2.09 bits per heavy atom. The van der Waals surface area contributed by atoms with Crippen LogP contribution < -0.4 is 24.2 Å². The lowest BCUT2D eigenvalue weighted by Gasteiger charge is -2.23. The average Bonchev–Trinajstić information content (AvgIpc) is 3.25. The Labute approximate surface area is 192 Å². The van der Waals surface area contributed by atoms with Gasteiger partial charge in [0.15, 0.2) is 11.5 Å². The van der Waals surface area contributed by atoms with Gasteiger partial charge in [0.05, 0.1) is 20.8 Å². The van der Waals surface area contributed by atoms with Crippen molar-refractivity contribution >= 4 is 17.2 Å². The first-order valence-corrected chi connectivity index (χ1v) is 11.3. The predicted octanol–water partition coefficient (Wildman–Crippen LogP) is 1.06. The monoisotopic (exact) mass is 476 g/mol. The van der Waals surface area contributed by atoms with E-state index in [4.69, 9.17) is 14.2 Å². The molecule has 2 unspecified atom stereocenters. The minimum atomic E-state index is -2.42. The van der Waals surface area contributed by atoms with Crippen LogP contribution in [0, 0.1) is 5.92 Å². The molecule has 0 bridgehead atoms. The molecule has 14 heteroatoms. The van der Waals surface area contributed by atoms with Gasteiger partial charge >= 0.3 is 0 Å². The Morgan fingerprint density at radius 3 is 2.82 bits per heavy atom. The van der Waals surface area contributed by atoms with Gasteiger partial charge in [-0.15, -0.1) is 10.2 Å². The minimum absolute atomic E-state index is 0.0484. The van der Waals surface area contributed by atoms with Crippen LogP contribution in [0.25, 0.3) is 17.2 Å². The van der Waals surface area contributed by atoms with E-state index >= 15 is 0 Å². The molecule has 4 rings (SSSR count). The van der Waals surface area contributed by atoms with Crippen molar-refractivity contribution in [3.05, 3.63) is 24.5 Å². The molecule has 176 valence electrons. The number of nitrogens with one attached hydrogen (secondary N) is 2. The van der Waals surface area contributed by atoms with Crippen molar-refractivity contribution in [1.82, 2.24) is 35.0 Å². The summed E-state index contributed by atoms with van der Waals surface area (Å²) in [6, 6.07) is 5.13. The zero-order valence-corrected chi connectivity index (χ0v) is 18.9. The van der Waals surface area contributed by atoms with Crippen molar-refractivity contribution in [3.8, 4) is 34.8 Å². The third-order valence-electron chi connectivity index (χ3n) is 5.03. The Morgan fingerprint density at radius 1 is 1.24 bits per heavy atom. The van der Waals surface area contributed by atoms with Crippen LogP contribution in [-0.2, 0) is 11.3 Å². The number of hydrogen-bond acceptors (Lipinski definition) is 10. The van der Waals surface area contributed by atoms with E-state index in [-0.39, 0.29) is 29.2 Å². The highest BCUT2D eigenvalue weighted by Gasteiger charge is 2.26.